The normalized spacial score (nSPS) is 20.5. The van der Waals surface area contributed by atoms with Gasteiger partial charge in [-0.15, -0.1) is 0 Å². The number of aliphatic hydroxyl groups excluding tert-OH is 1. The average Bonchev–Trinajstić information content (AvgIpc) is 3.19. The van der Waals surface area contributed by atoms with Crippen LogP contribution in [0.25, 0.3) is 9.69 Å². The quantitative estimate of drug-likeness (QED) is 0.509. The molecule has 9 nitrogen and oxygen atoms in total. The van der Waals surface area contributed by atoms with Crippen LogP contribution in [0, 0.1) is 13.1 Å². The summed E-state index contributed by atoms with van der Waals surface area (Å²) in [5, 5.41) is 20.8. The third kappa shape index (κ3) is 5.39. The van der Waals surface area contributed by atoms with Crippen LogP contribution in [0.3, 0.4) is 0 Å². The highest BCUT2D eigenvalue weighted by Crippen LogP contribution is 2.39. The van der Waals surface area contributed by atoms with Crippen LogP contribution >= 0.6 is 0 Å². The summed E-state index contributed by atoms with van der Waals surface area (Å²) in [5.41, 5.74) is -3.72. The Hall–Kier alpha value is -3.36. The van der Waals surface area contributed by atoms with E-state index in [-0.39, 0.29) is 17.2 Å². The first kappa shape index (κ1) is 27.2. The third-order valence-electron chi connectivity index (χ3n) is 5.50. The molecule has 1 heterocycles. The molecule has 1 fully saturated rings. The van der Waals surface area contributed by atoms with Crippen molar-refractivity contribution in [2.45, 2.75) is 36.1 Å². The van der Waals surface area contributed by atoms with E-state index in [1.807, 2.05) is 6.92 Å². The van der Waals surface area contributed by atoms with Gasteiger partial charge in [-0.25, -0.2) is 18.1 Å². The lowest BCUT2D eigenvalue weighted by atomic mass is 10.0. The van der Waals surface area contributed by atoms with Gasteiger partial charge < -0.3 is 19.7 Å². The van der Waals surface area contributed by atoms with Crippen molar-refractivity contribution in [3.8, 4) is 11.5 Å². The lowest BCUT2D eigenvalue weighted by Crippen LogP contribution is -2.48. The van der Waals surface area contributed by atoms with Gasteiger partial charge in [0, 0.05) is 12.1 Å². The zero-order valence-corrected chi connectivity index (χ0v) is 19.8. The van der Waals surface area contributed by atoms with E-state index in [9.17, 15) is 31.8 Å². The molecule has 2 aromatic carbocycles. The molecule has 2 N–H and O–H groups in total. The second kappa shape index (κ2) is 10.3. The third-order valence-corrected chi connectivity index (χ3v) is 7.36. The second-order valence-corrected chi connectivity index (χ2v) is 9.96. The van der Waals surface area contributed by atoms with Gasteiger partial charge in [0.2, 0.25) is 15.7 Å². The highest BCUT2D eigenvalue weighted by molar-refractivity contribution is 7.89. The SMILES string of the molecule is [C-]#[N+]c1ccc(O[C@H]2CN(S(=O)(=O)c3ccc(C(F)(F)F)cc3[N+]#[C-])C[C@@]2(O)CO)c(OCCC)c1. The first-order valence-electron chi connectivity index (χ1n) is 10.6. The van der Waals surface area contributed by atoms with E-state index in [0.717, 1.165) is 4.31 Å². The van der Waals surface area contributed by atoms with Crippen LogP contribution in [-0.4, -0.2) is 60.9 Å². The van der Waals surface area contributed by atoms with E-state index in [1.165, 1.54) is 18.2 Å². The van der Waals surface area contributed by atoms with Crippen molar-refractivity contribution in [1.29, 1.82) is 0 Å². The first-order chi connectivity index (χ1) is 16.9. The molecule has 0 bridgehead atoms. The molecule has 2 atom stereocenters. The second-order valence-electron chi connectivity index (χ2n) is 8.05. The van der Waals surface area contributed by atoms with Crippen LogP contribution in [0.5, 0.6) is 11.5 Å². The van der Waals surface area contributed by atoms with Crippen molar-refractivity contribution >= 4 is 21.4 Å². The van der Waals surface area contributed by atoms with Crippen molar-refractivity contribution in [3.63, 3.8) is 0 Å². The summed E-state index contributed by atoms with van der Waals surface area (Å²) >= 11 is 0. The predicted octanol–water partition coefficient (Wildman–Crippen LogP) is 3.77. The molecular weight excluding hydrogens is 503 g/mol. The van der Waals surface area contributed by atoms with Crippen LogP contribution < -0.4 is 9.47 Å². The molecule has 1 saturated heterocycles. The van der Waals surface area contributed by atoms with E-state index < -0.39 is 63.7 Å². The van der Waals surface area contributed by atoms with Crippen molar-refractivity contribution < 1.29 is 41.3 Å². The molecule has 0 amide bonds. The molecule has 0 radical (unpaired) electrons. The monoisotopic (exact) mass is 525 g/mol. The van der Waals surface area contributed by atoms with Gasteiger partial charge >= 0.3 is 6.18 Å². The lowest BCUT2D eigenvalue weighted by molar-refractivity contribution is -0.137. The van der Waals surface area contributed by atoms with Crippen LogP contribution in [0.4, 0.5) is 24.5 Å². The number of halogens is 3. The number of rotatable bonds is 8. The van der Waals surface area contributed by atoms with Gasteiger partial charge in [0.15, 0.2) is 17.2 Å². The van der Waals surface area contributed by atoms with Crippen molar-refractivity contribution in [2.24, 2.45) is 0 Å². The molecule has 3 rings (SSSR count). The Balaban J connectivity index is 1.95. The topological polar surface area (TPSA) is 105 Å². The van der Waals surface area contributed by atoms with Crippen LogP contribution in [-0.2, 0) is 16.2 Å². The number of β-amino-alcohol motifs (C(OH)–C–C–N with tert-alkyl or cyclic N) is 1. The number of alkyl halides is 3. The maximum atomic E-state index is 13.3. The fraction of sp³-hybridized carbons (Fsp3) is 0.391. The predicted molar refractivity (Wildman–Crippen MR) is 121 cm³/mol. The number of sulfonamides is 1. The van der Waals surface area contributed by atoms with Crippen LogP contribution in [0.15, 0.2) is 41.3 Å². The van der Waals surface area contributed by atoms with Crippen LogP contribution in [0.1, 0.15) is 18.9 Å². The smallest absolute Gasteiger partial charge is 0.415 e. The Morgan fingerprint density at radius 2 is 1.89 bits per heavy atom. The fourth-order valence-electron chi connectivity index (χ4n) is 3.59. The van der Waals surface area contributed by atoms with Crippen molar-refractivity contribution in [1.82, 2.24) is 4.31 Å². The number of nitrogens with zero attached hydrogens (tertiary/aromatic N) is 3. The average molecular weight is 526 g/mol. The number of hydrogen-bond donors (Lipinski definition) is 2. The number of benzene rings is 2. The number of hydrogen-bond acceptors (Lipinski definition) is 6. The standard InChI is InChI=1S/C23H22F3N3O6S/c1-4-9-34-19-11-16(27-2)6-7-18(19)35-21-12-29(13-22(21,31)14-30)36(32,33)20-8-5-15(23(24,25)26)10-17(20)28-3/h5-8,10-11,21,30-31H,4,9,12-14H2,1H3/t21-,22+/m0/s1. The molecule has 2 aromatic rings. The van der Waals surface area contributed by atoms with E-state index in [2.05, 4.69) is 9.69 Å². The molecule has 1 aliphatic heterocycles. The largest absolute Gasteiger partial charge is 0.491 e. The van der Waals surface area contributed by atoms with Gasteiger partial charge in [0.25, 0.3) is 0 Å². The Kier molecular flexibility index (Phi) is 7.81. The zero-order valence-electron chi connectivity index (χ0n) is 19.0. The molecule has 0 aromatic heterocycles. The zero-order chi connectivity index (χ0) is 26.7. The maximum absolute atomic E-state index is 13.3. The maximum Gasteiger partial charge on any atom is 0.415 e. The minimum atomic E-state index is -4.77. The minimum absolute atomic E-state index is 0.100. The van der Waals surface area contributed by atoms with Gasteiger partial charge in [0.1, 0.15) is 11.7 Å². The number of aliphatic hydroxyl groups is 2. The number of ether oxygens (including phenoxy) is 2. The van der Waals surface area contributed by atoms with E-state index in [4.69, 9.17) is 22.6 Å². The minimum Gasteiger partial charge on any atom is -0.491 e. The van der Waals surface area contributed by atoms with Gasteiger partial charge in [-0.1, -0.05) is 25.1 Å². The van der Waals surface area contributed by atoms with Crippen molar-refractivity contribution in [2.75, 3.05) is 26.3 Å². The molecular formula is C23H22F3N3O6S. The van der Waals surface area contributed by atoms with Gasteiger partial charge in [0.05, 0.1) is 37.8 Å². The van der Waals surface area contributed by atoms with Gasteiger partial charge in [-0.2, -0.15) is 17.5 Å². The Labute approximate surface area is 206 Å². The van der Waals surface area contributed by atoms with E-state index >= 15 is 0 Å². The van der Waals surface area contributed by atoms with Crippen molar-refractivity contribution in [3.05, 3.63) is 64.8 Å². The van der Waals surface area contributed by atoms with Gasteiger partial charge in [-0.3, -0.25) is 0 Å². The molecule has 0 unspecified atom stereocenters. The van der Waals surface area contributed by atoms with E-state index in [1.54, 1.807) is 0 Å². The molecule has 36 heavy (non-hydrogen) atoms. The summed E-state index contributed by atoms with van der Waals surface area (Å²) in [4.78, 5) is 5.59. The summed E-state index contributed by atoms with van der Waals surface area (Å²) in [7, 11) is -4.55. The van der Waals surface area contributed by atoms with Gasteiger partial charge in [-0.05, 0) is 24.6 Å². The summed E-state index contributed by atoms with van der Waals surface area (Å²) in [6.45, 7) is 14.5. The Bertz CT molecular complexity index is 1320. The Morgan fingerprint density at radius 3 is 2.47 bits per heavy atom. The van der Waals surface area contributed by atoms with Crippen LogP contribution in [0.2, 0.25) is 0 Å². The highest BCUT2D eigenvalue weighted by atomic mass is 32.2. The summed E-state index contributed by atoms with van der Waals surface area (Å²) in [6, 6.07) is 5.97. The summed E-state index contributed by atoms with van der Waals surface area (Å²) in [5.74, 6) is 0.285. The molecule has 13 heteroatoms. The highest BCUT2D eigenvalue weighted by Gasteiger charge is 2.51. The molecule has 1 aliphatic rings. The van der Waals surface area contributed by atoms with E-state index in [0.29, 0.717) is 31.2 Å². The Morgan fingerprint density at radius 1 is 1.17 bits per heavy atom. The molecule has 0 saturated carbocycles. The molecule has 192 valence electrons. The first-order valence-corrected chi connectivity index (χ1v) is 12.1. The molecule has 0 aliphatic carbocycles. The summed E-state index contributed by atoms with van der Waals surface area (Å²) < 4.78 is 77.8. The molecule has 0 spiro atoms. The summed E-state index contributed by atoms with van der Waals surface area (Å²) in [6.07, 6.45) is -5.43. The fourth-order valence-corrected chi connectivity index (χ4v) is 5.20. The lowest BCUT2D eigenvalue weighted by Gasteiger charge is -2.27.